The monoisotopic (exact) mass is 509 g/mol. The number of halogens is 1. The van der Waals surface area contributed by atoms with Crippen molar-refractivity contribution in [3.63, 3.8) is 0 Å². The third-order valence-electron chi connectivity index (χ3n) is 5.56. The molecule has 5 nitrogen and oxygen atoms in total. The van der Waals surface area contributed by atoms with Crippen molar-refractivity contribution < 1.29 is 9.47 Å². The molecule has 0 saturated carbocycles. The maximum atomic E-state index is 6.20. The fourth-order valence-corrected chi connectivity index (χ4v) is 3.61. The van der Waals surface area contributed by atoms with Gasteiger partial charge in [0, 0.05) is 24.3 Å². The number of anilines is 1. The molecule has 1 aliphatic heterocycles. The molecule has 29 heavy (non-hydrogen) atoms. The molecule has 0 bridgehead atoms. The van der Waals surface area contributed by atoms with Crippen LogP contribution in [0.15, 0.2) is 47.5 Å². The van der Waals surface area contributed by atoms with Crippen LogP contribution < -0.4 is 15.8 Å². The van der Waals surface area contributed by atoms with Crippen LogP contribution in [0.3, 0.4) is 0 Å². The molecule has 1 saturated heterocycles. The van der Waals surface area contributed by atoms with E-state index in [0.29, 0.717) is 19.1 Å². The Balaban J connectivity index is 0.00000300. The van der Waals surface area contributed by atoms with Crippen molar-refractivity contribution in [3.05, 3.63) is 59.2 Å². The van der Waals surface area contributed by atoms with Gasteiger partial charge in [0.2, 0.25) is 0 Å². The van der Waals surface area contributed by atoms with Crippen LogP contribution in [-0.4, -0.2) is 32.3 Å². The third-order valence-corrected chi connectivity index (χ3v) is 5.56. The van der Waals surface area contributed by atoms with E-state index in [1.54, 1.807) is 0 Å². The van der Waals surface area contributed by atoms with E-state index in [9.17, 15) is 0 Å². The van der Waals surface area contributed by atoms with Crippen molar-refractivity contribution >= 4 is 35.6 Å². The van der Waals surface area contributed by atoms with Gasteiger partial charge < -0.3 is 20.5 Å². The average molecular weight is 509 g/mol. The average Bonchev–Trinajstić information content (AvgIpc) is 2.71. The zero-order valence-corrected chi connectivity index (χ0v) is 19.9. The molecule has 0 aliphatic carbocycles. The Morgan fingerprint density at radius 3 is 2.41 bits per heavy atom. The van der Waals surface area contributed by atoms with E-state index < -0.39 is 0 Å². The molecule has 2 aromatic rings. The van der Waals surface area contributed by atoms with E-state index in [4.69, 9.17) is 20.2 Å². The van der Waals surface area contributed by atoms with Crippen LogP contribution in [0.2, 0.25) is 0 Å². The van der Waals surface area contributed by atoms with Gasteiger partial charge in [-0.1, -0.05) is 18.2 Å². The number of ether oxygens (including phenoxy) is 2. The molecule has 0 aromatic heterocycles. The standard InChI is InChI=1S/C23H31N3O2.HI/c1-4-28-21-9-6-19(7-10-21)23(11-13-27-14-12-23)16-25-22(24)26-20-8-5-17(2)18(3)15-20;/h5-10,15H,4,11-14,16H2,1-3H3,(H3,24,25,26);1H. The lowest BCUT2D eigenvalue weighted by atomic mass is 9.74. The van der Waals surface area contributed by atoms with E-state index in [-0.39, 0.29) is 29.4 Å². The fraction of sp³-hybridized carbons (Fsp3) is 0.435. The quantitative estimate of drug-likeness (QED) is 0.334. The summed E-state index contributed by atoms with van der Waals surface area (Å²) in [6.07, 6.45) is 1.86. The second-order valence-electron chi connectivity index (χ2n) is 7.48. The lowest BCUT2D eigenvalue weighted by Gasteiger charge is -2.36. The number of benzene rings is 2. The number of nitrogens with two attached hydrogens (primary N) is 1. The number of rotatable bonds is 6. The molecule has 158 valence electrons. The number of aryl methyl sites for hydroxylation is 2. The Morgan fingerprint density at radius 1 is 1.10 bits per heavy atom. The first-order valence-corrected chi connectivity index (χ1v) is 9.98. The van der Waals surface area contributed by atoms with Crippen molar-refractivity contribution in [1.82, 2.24) is 0 Å². The highest BCUT2D eigenvalue weighted by atomic mass is 127. The van der Waals surface area contributed by atoms with Crippen molar-refractivity contribution in [2.45, 2.75) is 39.0 Å². The topological polar surface area (TPSA) is 68.9 Å². The van der Waals surface area contributed by atoms with Gasteiger partial charge in [-0.2, -0.15) is 0 Å². The normalized spacial score (nSPS) is 16.0. The second kappa shape index (κ2) is 10.8. The SMILES string of the molecule is CCOc1ccc(C2(CN=C(N)Nc3ccc(C)c(C)c3)CCOCC2)cc1.I. The van der Waals surface area contributed by atoms with Gasteiger partial charge in [-0.25, -0.2) is 0 Å². The van der Waals surface area contributed by atoms with E-state index in [0.717, 1.165) is 37.5 Å². The highest BCUT2D eigenvalue weighted by Crippen LogP contribution is 2.36. The number of hydrogen-bond donors (Lipinski definition) is 2. The zero-order chi connectivity index (χ0) is 20.0. The van der Waals surface area contributed by atoms with Crippen LogP contribution >= 0.6 is 24.0 Å². The molecule has 0 unspecified atom stereocenters. The minimum atomic E-state index is -0.0571. The predicted molar refractivity (Wildman–Crippen MR) is 131 cm³/mol. The van der Waals surface area contributed by atoms with Gasteiger partial charge in [-0.05, 0) is 74.6 Å². The highest BCUT2D eigenvalue weighted by Gasteiger charge is 2.34. The Labute approximate surface area is 191 Å². The number of guanidine groups is 1. The fourth-order valence-electron chi connectivity index (χ4n) is 3.61. The molecule has 1 heterocycles. The van der Waals surface area contributed by atoms with E-state index in [2.05, 4.69) is 43.4 Å². The van der Waals surface area contributed by atoms with Crippen LogP contribution in [0.25, 0.3) is 0 Å². The van der Waals surface area contributed by atoms with E-state index in [1.807, 2.05) is 25.1 Å². The summed E-state index contributed by atoms with van der Waals surface area (Å²) in [5.74, 6) is 1.34. The maximum Gasteiger partial charge on any atom is 0.193 e. The lowest BCUT2D eigenvalue weighted by molar-refractivity contribution is 0.0531. The number of nitrogens with zero attached hydrogens (tertiary/aromatic N) is 1. The first kappa shape index (κ1) is 23.5. The smallest absolute Gasteiger partial charge is 0.193 e. The predicted octanol–water partition coefficient (Wildman–Crippen LogP) is 4.80. The maximum absolute atomic E-state index is 6.20. The number of aliphatic imine (C=N–C) groups is 1. The Bertz CT molecular complexity index is 815. The molecular weight excluding hydrogens is 477 g/mol. The molecule has 6 heteroatoms. The summed E-state index contributed by atoms with van der Waals surface area (Å²) < 4.78 is 11.2. The summed E-state index contributed by atoms with van der Waals surface area (Å²) in [5, 5.41) is 3.22. The van der Waals surface area contributed by atoms with Crippen LogP contribution in [0.1, 0.15) is 36.5 Å². The van der Waals surface area contributed by atoms with Gasteiger partial charge in [0.15, 0.2) is 5.96 Å². The van der Waals surface area contributed by atoms with Crippen LogP contribution in [0.5, 0.6) is 5.75 Å². The van der Waals surface area contributed by atoms with Crippen molar-refractivity contribution in [1.29, 1.82) is 0 Å². The molecule has 3 N–H and O–H groups in total. The summed E-state index contributed by atoms with van der Waals surface area (Å²) in [4.78, 5) is 4.70. The van der Waals surface area contributed by atoms with Crippen LogP contribution in [-0.2, 0) is 10.2 Å². The van der Waals surface area contributed by atoms with E-state index in [1.165, 1.54) is 16.7 Å². The molecule has 0 atom stereocenters. The lowest BCUT2D eigenvalue weighted by Crippen LogP contribution is -2.38. The number of hydrogen-bond acceptors (Lipinski definition) is 3. The summed E-state index contributed by atoms with van der Waals surface area (Å²) in [5.41, 5.74) is 10.9. The van der Waals surface area contributed by atoms with Gasteiger partial charge in [0.05, 0.1) is 13.2 Å². The van der Waals surface area contributed by atoms with Gasteiger partial charge >= 0.3 is 0 Å². The molecule has 0 amide bonds. The van der Waals surface area contributed by atoms with Gasteiger partial charge in [0.25, 0.3) is 0 Å². The number of nitrogens with one attached hydrogen (secondary N) is 1. The molecule has 2 aromatic carbocycles. The Kier molecular flexibility index (Phi) is 8.77. The van der Waals surface area contributed by atoms with Crippen molar-refractivity contribution in [3.8, 4) is 5.75 Å². The molecule has 0 radical (unpaired) electrons. The summed E-state index contributed by atoms with van der Waals surface area (Å²) in [7, 11) is 0. The molecular formula is C23H32IN3O2. The Morgan fingerprint density at radius 2 is 1.79 bits per heavy atom. The van der Waals surface area contributed by atoms with Crippen molar-refractivity contribution in [2.75, 3.05) is 31.7 Å². The zero-order valence-electron chi connectivity index (χ0n) is 17.5. The summed E-state index contributed by atoms with van der Waals surface area (Å²) in [6.45, 7) is 8.98. The molecule has 3 rings (SSSR count). The van der Waals surface area contributed by atoms with Crippen LogP contribution in [0.4, 0.5) is 5.69 Å². The molecule has 1 fully saturated rings. The van der Waals surface area contributed by atoms with E-state index >= 15 is 0 Å². The minimum Gasteiger partial charge on any atom is -0.494 e. The van der Waals surface area contributed by atoms with Gasteiger partial charge in [-0.15, -0.1) is 24.0 Å². The van der Waals surface area contributed by atoms with Crippen LogP contribution in [0, 0.1) is 13.8 Å². The van der Waals surface area contributed by atoms with Gasteiger partial charge in [0.1, 0.15) is 5.75 Å². The Hall–Kier alpha value is -1.80. The molecule has 1 aliphatic rings. The highest BCUT2D eigenvalue weighted by molar-refractivity contribution is 14.0. The minimum absolute atomic E-state index is 0. The third kappa shape index (κ3) is 6.09. The first-order chi connectivity index (χ1) is 13.5. The molecule has 0 spiro atoms. The summed E-state index contributed by atoms with van der Waals surface area (Å²) >= 11 is 0. The van der Waals surface area contributed by atoms with Gasteiger partial charge in [-0.3, -0.25) is 4.99 Å². The summed E-state index contributed by atoms with van der Waals surface area (Å²) in [6, 6.07) is 14.6. The second-order valence-corrected chi connectivity index (χ2v) is 7.48. The first-order valence-electron chi connectivity index (χ1n) is 9.98. The van der Waals surface area contributed by atoms with Crippen molar-refractivity contribution in [2.24, 2.45) is 10.7 Å². The largest absolute Gasteiger partial charge is 0.494 e.